The zero-order valence-electron chi connectivity index (χ0n) is 21.9. The maximum Gasteiger partial charge on any atom is 0.273 e. The third-order valence-electron chi connectivity index (χ3n) is 7.51. The lowest BCUT2D eigenvalue weighted by molar-refractivity contribution is -0.130. The van der Waals surface area contributed by atoms with Crippen molar-refractivity contribution in [3.63, 3.8) is 0 Å². The number of aryl methyl sites for hydroxylation is 1. The molecule has 0 spiro atoms. The van der Waals surface area contributed by atoms with E-state index in [1.54, 1.807) is 29.3 Å². The Labute approximate surface area is 216 Å². The summed E-state index contributed by atoms with van der Waals surface area (Å²) in [7, 11) is 0. The fourth-order valence-electron chi connectivity index (χ4n) is 5.86. The summed E-state index contributed by atoms with van der Waals surface area (Å²) in [6.45, 7) is 9.37. The zero-order valence-corrected chi connectivity index (χ0v) is 21.9. The van der Waals surface area contributed by atoms with Crippen LogP contribution in [0.15, 0.2) is 30.5 Å². The molecule has 0 aromatic carbocycles. The number of piperazine rings is 1. The summed E-state index contributed by atoms with van der Waals surface area (Å²) in [4.78, 5) is 38.1. The Morgan fingerprint density at radius 1 is 1.14 bits per heavy atom. The summed E-state index contributed by atoms with van der Waals surface area (Å²) in [5, 5.41) is 8.70. The van der Waals surface area contributed by atoms with Crippen LogP contribution in [-0.2, 0) is 16.6 Å². The number of halogens is 2. The highest BCUT2D eigenvalue weighted by molar-refractivity contribution is 5.95. The van der Waals surface area contributed by atoms with Crippen LogP contribution in [0.4, 0.5) is 14.6 Å². The van der Waals surface area contributed by atoms with Crippen molar-refractivity contribution in [2.45, 2.75) is 76.7 Å². The molecule has 0 atom stereocenters. The molecule has 7 nitrogen and oxygen atoms in total. The number of rotatable bonds is 7. The number of ketones is 1. The Morgan fingerprint density at radius 3 is 2.43 bits per heavy atom. The number of pyridine rings is 2. The quantitative estimate of drug-likeness (QED) is 0.506. The van der Waals surface area contributed by atoms with E-state index in [1.165, 1.54) is 0 Å². The second-order valence-corrected chi connectivity index (χ2v) is 11.0. The minimum Gasteiger partial charge on any atom is -0.353 e. The Balaban J connectivity index is 1.51. The molecule has 2 fully saturated rings. The molecular weight excluding hydrogens is 476 g/mol. The van der Waals surface area contributed by atoms with Crippen LogP contribution in [0.5, 0.6) is 0 Å². The molecular formula is C28H33F2N5O2. The molecule has 0 radical (unpaired) electrons. The number of carbonyl (C=O) groups excluding carboxylic acids is 2. The third kappa shape index (κ3) is 5.34. The average molecular weight is 510 g/mol. The highest BCUT2D eigenvalue weighted by Crippen LogP contribution is 2.56. The number of alkyl halides is 2. The molecule has 1 saturated carbocycles. The Bertz CT molecular complexity index is 1230. The summed E-state index contributed by atoms with van der Waals surface area (Å²) >= 11 is 0. The van der Waals surface area contributed by atoms with E-state index in [2.05, 4.69) is 9.88 Å². The van der Waals surface area contributed by atoms with Gasteiger partial charge in [0.25, 0.3) is 5.91 Å². The minimum absolute atomic E-state index is 0.0280. The molecule has 2 aliphatic rings. The number of nitriles is 1. The summed E-state index contributed by atoms with van der Waals surface area (Å²) in [5.74, 6) is -2.67. The van der Waals surface area contributed by atoms with Gasteiger partial charge in [0.1, 0.15) is 17.6 Å². The maximum atomic E-state index is 14.0. The molecule has 1 aliphatic heterocycles. The first-order valence-electron chi connectivity index (χ1n) is 12.7. The SMILES string of the molecule is CCCC1(c2nc(C(=O)N3CCN(c4ccc(CC(=O)C#N)cn4)CC3(C)C)ccc2C)CC(F)(F)C1. The van der Waals surface area contributed by atoms with Crippen molar-refractivity contribution in [2.75, 3.05) is 24.5 Å². The molecule has 1 saturated heterocycles. The number of hydrogen-bond acceptors (Lipinski definition) is 6. The van der Waals surface area contributed by atoms with Crippen LogP contribution in [-0.4, -0.2) is 57.7 Å². The molecule has 1 amide bonds. The van der Waals surface area contributed by atoms with Gasteiger partial charge in [-0.05, 0) is 50.5 Å². The second kappa shape index (κ2) is 9.81. The van der Waals surface area contributed by atoms with Crippen molar-refractivity contribution >= 4 is 17.5 Å². The lowest BCUT2D eigenvalue weighted by Gasteiger charge is -2.48. The van der Waals surface area contributed by atoms with Gasteiger partial charge in [-0.1, -0.05) is 25.5 Å². The van der Waals surface area contributed by atoms with Crippen LogP contribution >= 0.6 is 0 Å². The fourth-order valence-corrected chi connectivity index (χ4v) is 5.86. The lowest BCUT2D eigenvalue weighted by atomic mass is 9.60. The zero-order chi connectivity index (χ0) is 27.0. The third-order valence-corrected chi connectivity index (χ3v) is 7.51. The molecule has 196 valence electrons. The van der Waals surface area contributed by atoms with Gasteiger partial charge in [0, 0.05) is 50.5 Å². The van der Waals surface area contributed by atoms with Crippen molar-refractivity contribution in [1.82, 2.24) is 14.9 Å². The van der Waals surface area contributed by atoms with Crippen molar-refractivity contribution in [1.29, 1.82) is 5.26 Å². The van der Waals surface area contributed by atoms with E-state index in [0.717, 1.165) is 17.8 Å². The fraction of sp³-hybridized carbons (Fsp3) is 0.536. The number of carbonyl (C=O) groups is 2. The second-order valence-electron chi connectivity index (χ2n) is 11.0. The highest BCUT2D eigenvalue weighted by Gasteiger charge is 2.58. The Kier molecular flexibility index (Phi) is 7.06. The van der Waals surface area contributed by atoms with E-state index in [0.29, 0.717) is 37.3 Å². The van der Waals surface area contributed by atoms with Crippen molar-refractivity contribution in [3.8, 4) is 6.07 Å². The summed E-state index contributed by atoms with van der Waals surface area (Å²) in [6.07, 6.45) is 2.58. The topological polar surface area (TPSA) is 90.2 Å². The van der Waals surface area contributed by atoms with Crippen LogP contribution in [0, 0.1) is 18.3 Å². The van der Waals surface area contributed by atoms with Crippen LogP contribution in [0.1, 0.15) is 73.8 Å². The van der Waals surface area contributed by atoms with Gasteiger partial charge in [-0.3, -0.25) is 9.59 Å². The first kappa shape index (κ1) is 26.6. The van der Waals surface area contributed by atoms with E-state index in [-0.39, 0.29) is 30.9 Å². The predicted molar refractivity (Wildman–Crippen MR) is 136 cm³/mol. The van der Waals surface area contributed by atoms with Gasteiger partial charge >= 0.3 is 0 Å². The van der Waals surface area contributed by atoms with E-state index in [4.69, 9.17) is 10.2 Å². The molecule has 4 rings (SSSR count). The number of anilines is 1. The summed E-state index contributed by atoms with van der Waals surface area (Å²) < 4.78 is 27.9. The molecule has 1 aliphatic carbocycles. The Morgan fingerprint density at radius 2 is 1.86 bits per heavy atom. The first-order chi connectivity index (χ1) is 17.4. The van der Waals surface area contributed by atoms with E-state index >= 15 is 0 Å². The number of aromatic nitrogens is 2. The van der Waals surface area contributed by atoms with Crippen LogP contribution in [0.3, 0.4) is 0 Å². The largest absolute Gasteiger partial charge is 0.353 e. The molecule has 9 heteroatoms. The van der Waals surface area contributed by atoms with Crippen LogP contribution in [0.25, 0.3) is 0 Å². The summed E-state index contributed by atoms with van der Waals surface area (Å²) in [5.41, 5.74) is 1.22. The van der Waals surface area contributed by atoms with Crippen molar-refractivity contribution in [3.05, 3.63) is 53.0 Å². The van der Waals surface area contributed by atoms with E-state index in [9.17, 15) is 18.4 Å². The molecule has 3 heterocycles. The molecule has 0 N–H and O–H groups in total. The van der Waals surface area contributed by atoms with Gasteiger partial charge < -0.3 is 9.80 Å². The lowest BCUT2D eigenvalue weighted by Crippen LogP contribution is -2.61. The minimum atomic E-state index is -2.68. The van der Waals surface area contributed by atoms with E-state index < -0.39 is 22.7 Å². The van der Waals surface area contributed by atoms with Gasteiger partial charge in [-0.25, -0.2) is 18.7 Å². The normalized spacial score (nSPS) is 19.6. The highest BCUT2D eigenvalue weighted by atomic mass is 19.3. The summed E-state index contributed by atoms with van der Waals surface area (Å²) in [6, 6.07) is 8.74. The predicted octanol–water partition coefficient (Wildman–Crippen LogP) is 4.63. The van der Waals surface area contributed by atoms with Gasteiger partial charge in [-0.15, -0.1) is 0 Å². The standard InChI is InChI=1S/C28H33F2N5O2/c1-5-10-27(16-28(29,30)17-27)24-19(2)6-8-22(33-24)25(37)35-12-11-34(18-26(35,3)4)23-9-7-20(15-32-23)13-21(36)14-31/h6-9,15H,5,10-13,16-18H2,1-4H3. The number of hydrogen-bond donors (Lipinski definition) is 0. The number of nitrogens with zero attached hydrogens (tertiary/aromatic N) is 5. The molecule has 0 unspecified atom stereocenters. The van der Waals surface area contributed by atoms with Gasteiger partial charge in [-0.2, -0.15) is 5.26 Å². The number of Topliss-reactive ketones (excluding diaryl/α,β-unsaturated/α-hetero) is 1. The van der Waals surface area contributed by atoms with Gasteiger partial charge in [0.15, 0.2) is 0 Å². The Hall–Kier alpha value is -3.41. The van der Waals surface area contributed by atoms with E-state index in [1.807, 2.05) is 39.8 Å². The molecule has 37 heavy (non-hydrogen) atoms. The van der Waals surface area contributed by atoms with Crippen LogP contribution in [0.2, 0.25) is 0 Å². The average Bonchev–Trinajstić information content (AvgIpc) is 2.82. The maximum absolute atomic E-state index is 14.0. The smallest absolute Gasteiger partial charge is 0.273 e. The van der Waals surface area contributed by atoms with Gasteiger partial charge in [0.05, 0.1) is 11.2 Å². The molecule has 0 bridgehead atoms. The van der Waals surface area contributed by atoms with Crippen molar-refractivity contribution < 1.29 is 18.4 Å². The molecule has 2 aromatic rings. The van der Waals surface area contributed by atoms with Crippen molar-refractivity contribution in [2.24, 2.45) is 0 Å². The monoisotopic (exact) mass is 509 g/mol. The van der Waals surface area contributed by atoms with Gasteiger partial charge in [0.2, 0.25) is 11.7 Å². The first-order valence-corrected chi connectivity index (χ1v) is 12.7. The molecule has 2 aromatic heterocycles. The number of amides is 1. The van der Waals surface area contributed by atoms with Crippen LogP contribution < -0.4 is 4.90 Å².